The molecule has 4 nitrogen and oxygen atoms in total. The molecule has 0 radical (unpaired) electrons. The lowest BCUT2D eigenvalue weighted by Crippen LogP contribution is -2.31. The number of rotatable bonds is 2. The van der Waals surface area contributed by atoms with E-state index in [1.165, 1.54) is 18.0 Å². The van der Waals surface area contributed by atoms with Crippen molar-refractivity contribution in [3.63, 3.8) is 0 Å². The van der Waals surface area contributed by atoms with E-state index in [0.717, 1.165) is 30.4 Å². The van der Waals surface area contributed by atoms with Crippen molar-refractivity contribution in [1.29, 1.82) is 0 Å². The zero-order chi connectivity index (χ0) is 12.5. The topological polar surface area (TPSA) is 47.0 Å². The largest absolute Gasteiger partial charge is 0.367 e. The number of nitrogens with one attached hydrogen (secondary N) is 1. The minimum Gasteiger partial charge on any atom is -0.367 e. The Labute approximate surface area is 107 Å². The SMILES string of the molecule is CC(C)(C)Nc1nc(C2(C)CCCCO2)ns1. The van der Waals surface area contributed by atoms with E-state index in [4.69, 9.17) is 4.74 Å². The molecule has 2 heterocycles. The van der Waals surface area contributed by atoms with Crippen LogP contribution in [0.15, 0.2) is 0 Å². The van der Waals surface area contributed by atoms with Gasteiger partial charge in [-0.15, -0.1) is 0 Å². The standard InChI is InChI=1S/C12H21N3OS/c1-11(2,3)14-10-13-9(15-17-10)12(4)7-5-6-8-16-12/h5-8H2,1-4H3,(H,13,14,15). The van der Waals surface area contributed by atoms with Gasteiger partial charge in [0.05, 0.1) is 0 Å². The van der Waals surface area contributed by atoms with E-state index in [2.05, 4.69) is 42.4 Å². The van der Waals surface area contributed by atoms with E-state index in [9.17, 15) is 0 Å². The van der Waals surface area contributed by atoms with Gasteiger partial charge in [0.15, 0.2) is 5.82 Å². The molecule has 0 aliphatic carbocycles. The molecule has 1 aromatic heterocycles. The Kier molecular flexibility index (Phi) is 3.41. The Morgan fingerprint density at radius 3 is 2.71 bits per heavy atom. The molecule has 5 heteroatoms. The van der Waals surface area contributed by atoms with E-state index in [0.29, 0.717) is 0 Å². The van der Waals surface area contributed by atoms with E-state index >= 15 is 0 Å². The molecule has 0 spiro atoms. The van der Waals surface area contributed by atoms with Crippen molar-refractivity contribution in [3.05, 3.63) is 5.82 Å². The quantitative estimate of drug-likeness (QED) is 0.881. The summed E-state index contributed by atoms with van der Waals surface area (Å²) in [6.45, 7) is 9.26. The van der Waals surface area contributed by atoms with Crippen molar-refractivity contribution in [1.82, 2.24) is 9.36 Å². The molecule has 1 aliphatic heterocycles. The second-order valence-electron chi connectivity index (χ2n) is 5.83. The first-order valence-electron chi connectivity index (χ1n) is 6.15. The maximum atomic E-state index is 5.85. The minimum absolute atomic E-state index is 0.0190. The Morgan fingerprint density at radius 1 is 1.35 bits per heavy atom. The molecule has 0 saturated carbocycles. The van der Waals surface area contributed by atoms with Crippen LogP contribution in [0.5, 0.6) is 0 Å². The van der Waals surface area contributed by atoms with Crippen LogP contribution >= 0.6 is 11.5 Å². The summed E-state index contributed by atoms with van der Waals surface area (Å²) in [4.78, 5) is 4.56. The monoisotopic (exact) mass is 255 g/mol. The first-order valence-corrected chi connectivity index (χ1v) is 6.93. The van der Waals surface area contributed by atoms with Crippen molar-refractivity contribution in [2.75, 3.05) is 11.9 Å². The van der Waals surface area contributed by atoms with Gasteiger partial charge >= 0.3 is 0 Å². The molecule has 0 bridgehead atoms. The smallest absolute Gasteiger partial charge is 0.203 e. The summed E-state index contributed by atoms with van der Waals surface area (Å²) in [5.41, 5.74) is -0.266. The van der Waals surface area contributed by atoms with Crippen molar-refractivity contribution >= 4 is 16.7 Å². The Morgan fingerprint density at radius 2 is 2.12 bits per heavy atom. The predicted octanol–water partition coefficient (Wildman–Crippen LogP) is 3.16. The third-order valence-electron chi connectivity index (χ3n) is 2.85. The van der Waals surface area contributed by atoms with Crippen LogP contribution in [0.4, 0.5) is 5.13 Å². The van der Waals surface area contributed by atoms with Gasteiger partial charge in [0.1, 0.15) is 5.60 Å². The average Bonchev–Trinajstić information content (AvgIpc) is 2.65. The third-order valence-corrected chi connectivity index (χ3v) is 3.48. The van der Waals surface area contributed by atoms with E-state index < -0.39 is 0 Å². The number of aromatic nitrogens is 2. The van der Waals surface area contributed by atoms with Crippen molar-refractivity contribution < 1.29 is 4.74 Å². The van der Waals surface area contributed by atoms with Gasteiger partial charge in [-0.05, 0) is 47.0 Å². The van der Waals surface area contributed by atoms with Crippen LogP contribution in [-0.2, 0) is 10.3 Å². The fraction of sp³-hybridized carbons (Fsp3) is 0.833. The highest BCUT2D eigenvalue weighted by molar-refractivity contribution is 7.09. The highest BCUT2D eigenvalue weighted by Gasteiger charge is 2.34. The molecular formula is C12H21N3OS. The molecule has 1 aliphatic rings. The average molecular weight is 255 g/mol. The van der Waals surface area contributed by atoms with Crippen LogP contribution in [0.25, 0.3) is 0 Å². The molecule has 0 aromatic carbocycles. The zero-order valence-electron chi connectivity index (χ0n) is 11.0. The van der Waals surface area contributed by atoms with Gasteiger partial charge in [-0.2, -0.15) is 4.37 Å². The lowest BCUT2D eigenvalue weighted by atomic mass is 9.95. The van der Waals surface area contributed by atoms with Gasteiger partial charge < -0.3 is 10.1 Å². The van der Waals surface area contributed by atoms with Crippen LogP contribution < -0.4 is 5.32 Å². The summed E-state index contributed by atoms with van der Waals surface area (Å²) in [7, 11) is 0. The molecule has 2 rings (SSSR count). The molecule has 96 valence electrons. The molecule has 17 heavy (non-hydrogen) atoms. The highest BCUT2D eigenvalue weighted by Crippen LogP contribution is 2.34. The molecule has 1 unspecified atom stereocenters. The van der Waals surface area contributed by atoms with Crippen LogP contribution in [0.2, 0.25) is 0 Å². The Balaban J connectivity index is 2.12. The number of ether oxygens (including phenoxy) is 1. The van der Waals surface area contributed by atoms with Crippen LogP contribution in [-0.4, -0.2) is 21.5 Å². The summed E-state index contributed by atoms with van der Waals surface area (Å²) in [6.07, 6.45) is 3.35. The summed E-state index contributed by atoms with van der Waals surface area (Å²) in [6, 6.07) is 0. The Hall–Kier alpha value is -0.680. The fourth-order valence-corrected chi connectivity index (χ4v) is 2.81. The van der Waals surface area contributed by atoms with Crippen LogP contribution in [0.1, 0.15) is 52.8 Å². The second-order valence-corrected chi connectivity index (χ2v) is 6.59. The summed E-state index contributed by atoms with van der Waals surface area (Å²) >= 11 is 1.42. The van der Waals surface area contributed by atoms with Crippen LogP contribution in [0, 0.1) is 0 Å². The first-order chi connectivity index (χ1) is 7.89. The van der Waals surface area contributed by atoms with E-state index in [1.54, 1.807) is 0 Å². The summed E-state index contributed by atoms with van der Waals surface area (Å²) in [5, 5.41) is 4.22. The zero-order valence-corrected chi connectivity index (χ0v) is 11.9. The van der Waals surface area contributed by atoms with Crippen LogP contribution in [0.3, 0.4) is 0 Å². The van der Waals surface area contributed by atoms with Gasteiger partial charge in [-0.1, -0.05) is 0 Å². The number of hydrogen-bond acceptors (Lipinski definition) is 5. The molecular weight excluding hydrogens is 234 g/mol. The van der Waals surface area contributed by atoms with Gasteiger partial charge in [0, 0.05) is 23.7 Å². The molecule has 1 atom stereocenters. The maximum absolute atomic E-state index is 5.85. The molecule has 1 N–H and O–H groups in total. The summed E-state index contributed by atoms with van der Waals surface area (Å²) < 4.78 is 10.3. The Bertz CT molecular complexity index is 377. The second kappa shape index (κ2) is 4.53. The molecule has 1 saturated heterocycles. The van der Waals surface area contributed by atoms with E-state index in [1.807, 2.05) is 0 Å². The third kappa shape index (κ3) is 3.16. The van der Waals surface area contributed by atoms with Gasteiger partial charge in [0.25, 0.3) is 0 Å². The number of anilines is 1. The fourth-order valence-electron chi connectivity index (χ4n) is 1.92. The normalized spacial score (nSPS) is 25.9. The van der Waals surface area contributed by atoms with Crippen molar-refractivity contribution in [2.24, 2.45) is 0 Å². The highest BCUT2D eigenvalue weighted by atomic mass is 32.1. The lowest BCUT2D eigenvalue weighted by Gasteiger charge is -2.31. The molecule has 1 aromatic rings. The lowest BCUT2D eigenvalue weighted by molar-refractivity contribution is -0.0752. The minimum atomic E-state index is -0.285. The number of hydrogen-bond donors (Lipinski definition) is 1. The first kappa shape index (κ1) is 12.8. The number of nitrogens with zero attached hydrogens (tertiary/aromatic N) is 2. The molecule has 0 amide bonds. The van der Waals surface area contributed by atoms with Gasteiger partial charge in [-0.3, -0.25) is 0 Å². The summed E-state index contributed by atoms with van der Waals surface area (Å²) in [5.74, 6) is 0.828. The molecule has 1 fully saturated rings. The maximum Gasteiger partial charge on any atom is 0.203 e. The predicted molar refractivity (Wildman–Crippen MR) is 70.4 cm³/mol. The van der Waals surface area contributed by atoms with E-state index in [-0.39, 0.29) is 11.1 Å². The van der Waals surface area contributed by atoms with Gasteiger partial charge in [-0.25, -0.2) is 4.98 Å². The van der Waals surface area contributed by atoms with Crippen molar-refractivity contribution in [3.8, 4) is 0 Å². The van der Waals surface area contributed by atoms with Crippen molar-refractivity contribution in [2.45, 2.75) is 58.1 Å². The van der Waals surface area contributed by atoms with Gasteiger partial charge in [0.2, 0.25) is 5.13 Å².